The molecule has 2 saturated heterocycles. The van der Waals surface area contributed by atoms with Crippen LogP contribution in [-0.2, 0) is 10.0 Å². The van der Waals surface area contributed by atoms with Crippen molar-refractivity contribution in [3.05, 3.63) is 18.3 Å². The van der Waals surface area contributed by atoms with Crippen LogP contribution in [0.15, 0.2) is 23.2 Å². The third-order valence-corrected chi connectivity index (χ3v) is 7.32. The van der Waals surface area contributed by atoms with Crippen LogP contribution in [0.1, 0.15) is 32.1 Å². The van der Waals surface area contributed by atoms with E-state index in [1.54, 1.807) is 10.4 Å². The van der Waals surface area contributed by atoms with E-state index in [1.165, 1.54) is 19.0 Å². The Morgan fingerprint density at radius 2 is 1.80 bits per heavy atom. The molecule has 0 saturated carbocycles. The Balaban J connectivity index is 1.63. The Morgan fingerprint density at radius 3 is 2.40 bits per heavy atom. The summed E-state index contributed by atoms with van der Waals surface area (Å²) in [6, 6.07) is 3.54. The number of anilines is 1. The van der Waals surface area contributed by atoms with Gasteiger partial charge in [-0.1, -0.05) is 6.42 Å². The molecule has 0 aromatic carbocycles. The van der Waals surface area contributed by atoms with Crippen molar-refractivity contribution in [1.29, 1.82) is 0 Å². The molecule has 140 valence electrons. The Bertz CT molecular complexity index is 648. The van der Waals surface area contributed by atoms with E-state index in [4.69, 9.17) is 0 Å². The normalized spacial score (nSPS) is 21.4. The SMILES string of the molecule is CN1CCC(CN(C)c2ccc(S(=O)(=O)N3CCCCC3)cn2)CC1. The minimum atomic E-state index is -3.39. The van der Waals surface area contributed by atoms with E-state index in [0.717, 1.165) is 44.7 Å². The predicted octanol–water partition coefficient (Wildman–Crippen LogP) is 2.03. The van der Waals surface area contributed by atoms with Gasteiger partial charge in [-0.15, -0.1) is 0 Å². The molecule has 0 bridgehead atoms. The highest BCUT2D eigenvalue weighted by Gasteiger charge is 2.26. The largest absolute Gasteiger partial charge is 0.359 e. The molecule has 1 aromatic heterocycles. The van der Waals surface area contributed by atoms with Crippen LogP contribution in [0.5, 0.6) is 0 Å². The number of rotatable bonds is 5. The average molecular weight is 367 g/mol. The van der Waals surface area contributed by atoms with Gasteiger partial charge in [0.25, 0.3) is 0 Å². The first-order valence-corrected chi connectivity index (χ1v) is 10.8. The monoisotopic (exact) mass is 366 g/mol. The van der Waals surface area contributed by atoms with Gasteiger partial charge in [0.1, 0.15) is 10.7 Å². The van der Waals surface area contributed by atoms with E-state index in [2.05, 4.69) is 21.8 Å². The van der Waals surface area contributed by atoms with E-state index < -0.39 is 10.0 Å². The fraction of sp³-hybridized carbons (Fsp3) is 0.722. The third-order valence-electron chi connectivity index (χ3n) is 5.43. The molecule has 0 amide bonds. The summed E-state index contributed by atoms with van der Waals surface area (Å²) in [6.07, 6.45) is 6.95. The molecule has 7 heteroatoms. The summed E-state index contributed by atoms with van der Waals surface area (Å²) in [5, 5.41) is 0. The molecular formula is C18H30N4O2S. The minimum absolute atomic E-state index is 0.311. The maximum absolute atomic E-state index is 12.7. The van der Waals surface area contributed by atoms with Crippen molar-refractivity contribution in [2.24, 2.45) is 5.92 Å². The van der Waals surface area contributed by atoms with Crippen LogP contribution in [0.25, 0.3) is 0 Å². The highest BCUT2D eigenvalue weighted by Crippen LogP contribution is 2.23. The quantitative estimate of drug-likeness (QED) is 0.798. The fourth-order valence-corrected chi connectivity index (χ4v) is 5.19. The highest BCUT2D eigenvalue weighted by atomic mass is 32.2. The van der Waals surface area contributed by atoms with Crippen LogP contribution >= 0.6 is 0 Å². The van der Waals surface area contributed by atoms with Crippen molar-refractivity contribution in [3.8, 4) is 0 Å². The number of hydrogen-bond donors (Lipinski definition) is 0. The van der Waals surface area contributed by atoms with E-state index in [1.807, 2.05) is 13.1 Å². The summed E-state index contributed by atoms with van der Waals surface area (Å²) in [4.78, 5) is 9.26. The standard InChI is InChI=1S/C18H30N4O2S/c1-20-12-8-16(9-13-20)15-21(2)18-7-6-17(14-19-18)25(23,24)22-10-4-3-5-11-22/h6-7,14,16H,3-5,8-13,15H2,1-2H3. The number of pyridine rings is 1. The van der Waals surface area contributed by atoms with Crippen LogP contribution in [0, 0.1) is 5.92 Å². The molecule has 2 fully saturated rings. The van der Waals surface area contributed by atoms with Crippen molar-refractivity contribution in [1.82, 2.24) is 14.2 Å². The predicted molar refractivity (Wildman–Crippen MR) is 100 cm³/mol. The van der Waals surface area contributed by atoms with Gasteiger partial charge in [0.15, 0.2) is 0 Å². The van der Waals surface area contributed by atoms with Gasteiger partial charge in [-0.2, -0.15) is 4.31 Å². The van der Waals surface area contributed by atoms with Crippen LogP contribution in [-0.4, -0.2) is 69.4 Å². The molecule has 1 aromatic rings. The minimum Gasteiger partial charge on any atom is -0.359 e. The van der Waals surface area contributed by atoms with Crippen molar-refractivity contribution in [3.63, 3.8) is 0 Å². The van der Waals surface area contributed by atoms with Crippen LogP contribution in [0.2, 0.25) is 0 Å². The third kappa shape index (κ3) is 4.51. The molecule has 0 radical (unpaired) electrons. The maximum Gasteiger partial charge on any atom is 0.244 e. The van der Waals surface area contributed by atoms with Gasteiger partial charge in [-0.25, -0.2) is 13.4 Å². The number of sulfonamides is 1. The second kappa shape index (κ2) is 8.01. The summed E-state index contributed by atoms with van der Waals surface area (Å²) in [7, 11) is 0.820. The molecule has 0 unspecified atom stereocenters. The fourth-order valence-electron chi connectivity index (χ4n) is 3.73. The Kier molecular flexibility index (Phi) is 5.96. The summed E-state index contributed by atoms with van der Waals surface area (Å²) >= 11 is 0. The molecule has 6 nitrogen and oxygen atoms in total. The van der Waals surface area contributed by atoms with Gasteiger partial charge >= 0.3 is 0 Å². The maximum atomic E-state index is 12.7. The lowest BCUT2D eigenvalue weighted by Gasteiger charge is -2.32. The molecule has 2 aliphatic rings. The molecule has 0 aliphatic carbocycles. The van der Waals surface area contributed by atoms with Gasteiger partial charge < -0.3 is 9.80 Å². The lowest BCUT2D eigenvalue weighted by molar-refractivity contribution is 0.222. The van der Waals surface area contributed by atoms with Gasteiger partial charge in [0.2, 0.25) is 10.0 Å². The zero-order chi connectivity index (χ0) is 17.9. The van der Waals surface area contributed by atoms with Crippen molar-refractivity contribution in [2.75, 3.05) is 51.7 Å². The van der Waals surface area contributed by atoms with E-state index >= 15 is 0 Å². The first-order valence-electron chi connectivity index (χ1n) is 9.33. The van der Waals surface area contributed by atoms with Gasteiger partial charge in [-0.3, -0.25) is 0 Å². The summed E-state index contributed by atoms with van der Waals surface area (Å²) in [6.45, 7) is 4.52. The molecule has 25 heavy (non-hydrogen) atoms. The molecule has 0 N–H and O–H groups in total. The van der Waals surface area contributed by atoms with Crippen molar-refractivity contribution >= 4 is 15.8 Å². The molecular weight excluding hydrogens is 336 g/mol. The average Bonchev–Trinajstić information content (AvgIpc) is 2.64. The number of aromatic nitrogens is 1. The van der Waals surface area contributed by atoms with Crippen LogP contribution in [0.4, 0.5) is 5.82 Å². The molecule has 2 aliphatic heterocycles. The van der Waals surface area contributed by atoms with Gasteiger partial charge in [0, 0.05) is 32.9 Å². The summed E-state index contributed by atoms with van der Waals surface area (Å²) in [5.41, 5.74) is 0. The number of hydrogen-bond acceptors (Lipinski definition) is 5. The second-order valence-corrected chi connectivity index (χ2v) is 9.38. The summed E-state index contributed by atoms with van der Waals surface area (Å²) in [5.74, 6) is 1.52. The van der Waals surface area contributed by atoms with Crippen molar-refractivity contribution in [2.45, 2.75) is 37.0 Å². The first-order chi connectivity index (χ1) is 12.0. The highest BCUT2D eigenvalue weighted by molar-refractivity contribution is 7.89. The first kappa shape index (κ1) is 18.6. The zero-order valence-corrected chi connectivity index (χ0v) is 16.2. The van der Waals surface area contributed by atoms with Crippen LogP contribution < -0.4 is 4.90 Å². The van der Waals surface area contributed by atoms with Gasteiger partial charge in [0.05, 0.1) is 0 Å². The number of nitrogens with zero attached hydrogens (tertiary/aromatic N) is 4. The molecule has 0 spiro atoms. The smallest absolute Gasteiger partial charge is 0.244 e. The van der Waals surface area contributed by atoms with E-state index in [0.29, 0.717) is 23.9 Å². The Labute approximate surface area is 151 Å². The second-order valence-electron chi connectivity index (χ2n) is 7.44. The number of piperidine rings is 2. The van der Waals surface area contributed by atoms with Crippen molar-refractivity contribution < 1.29 is 8.42 Å². The Hall–Kier alpha value is -1.18. The van der Waals surface area contributed by atoms with E-state index in [-0.39, 0.29) is 0 Å². The lowest BCUT2D eigenvalue weighted by atomic mass is 9.97. The Morgan fingerprint density at radius 1 is 1.12 bits per heavy atom. The summed E-state index contributed by atoms with van der Waals surface area (Å²) < 4.78 is 27.0. The van der Waals surface area contributed by atoms with E-state index in [9.17, 15) is 8.42 Å². The molecule has 3 rings (SSSR count). The molecule has 0 atom stereocenters. The van der Waals surface area contributed by atoms with Gasteiger partial charge in [-0.05, 0) is 63.9 Å². The van der Waals surface area contributed by atoms with Crippen LogP contribution in [0.3, 0.4) is 0 Å². The lowest BCUT2D eigenvalue weighted by Crippen LogP contribution is -2.36. The zero-order valence-electron chi connectivity index (χ0n) is 15.4. The molecule has 3 heterocycles. The number of likely N-dealkylation sites (tertiary alicyclic amines) is 1. The topological polar surface area (TPSA) is 56.8 Å².